The van der Waals surface area contributed by atoms with Crippen LogP contribution in [-0.2, 0) is 6.18 Å². The molecule has 0 aliphatic rings. The number of benzene rings is 2. The molecule has 0 fully saturated rings. The molecule has 8 heteroatoms. The highest BCUT2D eigenvalue weighted by molar-refractivity contribution is 7.99. The Hall–Kier alpha value is -2.58. The monoisotopic (exact) mass is 404 g/mol. The number of hydrogen-bond donors (Lipinski definition) is 1. The number of nitrogens with zero attached hydrogens (tertiary/aromatic N) is 1. The molecule has 0 spiro atoms. The number of aromatic amines is 1. The summed E-state index contributed by atoms with van der Waals surface area (Å²) in [6, 6.07) is 12.5. The predicted molar refractivity (Wildman–Crippen MR) is 101 cm³/mol. The van der Waals surface area contributed by atoms with Crippen LogP contribution in [0.15, 0.2) is 75.5 Å². The minimum atomic E-state index is -4.36. The van der Waals surface area contributed by atoms with Gasteiger partial charge in [-0.1, -0.05) is 41.3 Å². The smallest absolute Gasteiger partial charge is 0.311 e. The van der Waals surface area contributed by atoms with Gasteiger partial charge in [-0.3, -0.25) is 9.78 Å². The van der Waals surface area contributed by atoms with Crippen LogP contribution in [0.5, 0.6) is 0 Å². The van der Waals surface area contributed by atoms with Crippen LogP contribution in [0.25, 0.3) is 21.3 Å². The van der Waals surface area contributed by atoms with Crippen LogP contribution >= 0.6 is 23.1 Å². The van der Waals surface area contributed by atoms with E-state index in [0.29, 0.717) is 5.56 Å². The molecular formula is C19H11F3N2OS2. The average molecular weight is 404 g/mol. The third-order valence-corrected chi connectivity index (χ3v) is 5.77. The first-order chi connectivity index (χ1) is 12.9. The normalized spacial score (nSPS) is 11.8. The maximum absolute atomic E-state index is 12.7. The molecule has 3 nitrogen and oxygen atoms in total. The summed E-state index contributed by atoms with van der Waals surface area (Å²) >= 11 is 2.59. The van der Waals surface area contributed by atoms with Crippen molar-refractivity contribution in [2.45, 2.75) is 16.0 Å². The van der Waals surface area contributed by atoms with Gasteiger partial charge in [-0.25, -0.2) is 0 Å². The molecule has 0 aliphatic carbocycles. The second-order valence-electron chi connectivity index (χ2n) is 5.73. The predicted octanol–water partition coefficient (Wildman–Crippen LogP) is 5.82. The molecule has 2 heterocycles. The molecule has 0 unspecified atom stereocenters. The summed E-state index contributed by atoms with van der Waals surface area (Å²) in [6.45, 7) is 0. The highest BCUT2D eigenvalue weighted by Crippen LogP contribution is 2.35. The van der Waals surface area contributed by atoms with E-state index in [9.17, 15) is 18.0 Å². The van der Waals surface area contributed by atoms with E-state index in [1.54, 1.807) is 12.4 Å². The molecule has 27 heavy (non-hydrogen) atoms. The molecule has 0 saturated carbocycles. The summed E-state index contributed by atoms with van der Waals surface area (Å²) in [6.07, 6.45) is -1.06. The largest absolute Gasteiger partial charge is 0.416 e. The van der Waals surface area contributed by atoms with Crippen LogP contribution in [0.1, 0.15) is 5.56 Å². The second-order valence-corrected chi connectivity index (χ2v) is 7.86. The van der Waals surface area contributed by atoms with Crippen LogP contribution in [0, 0.1) is 0 Å². The first kappa shape index (κ1) is 17.8. The fraction of sp³-hybridized carbons (Fsp3) is 0.0526. The SMILES string of the molecule is O=c1[nH]c2c(Sc3cncc(-c4ccc(C(F)(F)F)cc4)c3)cccc2s1. The van der Waals surface area contributed by atoms with Gasteiger partial charge in [0, 0.05) is 27.7 Å². The summed E-state index contributed by atoms with van der Waals surface area (Å²) in [5, 5.41) is 0. The van der Waals surface area contributed by atoms with Gasteiger partial charge in [0.25, 0.3) is 0 Å². The number of aromatic nitrogens is 2. The van der Waals surface area contributed by atoms with Crippen molar-refractivity contribution in [2.75, 3.05) is 0 Å². The lowest BCUT2D eigenvalue weighted by Gasteiger charge is -2.09. The summed E-state index contributed by atoms with van der Waals surface area (Å²) in [5.41, 5.74) is 1.47. The Kier molecular flexibility index (Phi) is 4.53. The van der Waals surface area contributed by atoms with Gasteiger partial charge in [0.15, 0.2) is 0 Å². The van der Waals surface area contributed by atoms with E-state index < -0.39 is 11.7 Å². The van der Waals surface area contributed by atoms with Crippen LogP contribution in [0.4, 0.5) is 13.2 Å². The van der Waals surface area contributed by atoms with Crippen molar-refractivity contribution in [1.29, 1.82) is 0 Å². The Bertz CT molecular complexity index is 1160. The number of fused-ring (bicyclic) bond motifs is 1. The average Bonchev–Trinajstić information content (AvgIpc) is 3.03. The summed E-state index contributed by atoms with van der Waals surface area (Å²) in [4.78, 5) is 20.2. The Balaban J connectivity index is 1.65. The molecule has 1 N–H and O–H groups in total. The molecule has 4 rings (SSSR count). The van der Waals surface area contributed by atoms with Gasteiger partial charge in [-0.05, 0) is 35.9 Å². The van der Waals surface area contributed by atoms with E-state index in [2.05, 4.69) is 9.97 Å². The molecule has 2 aromatic carbocycles. The Morgan fingerprint density at radius 2 is 1.78 bits per heavy atom. The zero-order chi connectivity index (χ0) is 19.0. The van der Waals surface area contributed by atoms with Crippen molar-refractivity contribution in [1.82, 2.24) is 9.97 Å². The molecule has 136 valence electrons. The highest BCUT2D eigenvalue weighted by Gasteiger charge is 2.29. The molecular weight excluding hydrogens is 393 g/mol. The van der Waals surface area contributed by atoms with Crippen LogP contribution in [0.3, 0.4) is 0 Å². The maximum Gasteiger partial charge on any atom is 0.416 e. The van der Waals surface area contributed by atoms with Gasteiger partial charge in [0.1, 0.15) is 0 Å². The van der Waals surface area contributed by atoms with Crippen molar-refractivity contribution in [2.24, 2.45) is 0 Å². The lowest BCUT2D eigenvalue weighted by atomic mass is 10.1. The van der Waals surface area contributed by atoms with E-state index in [4.69, 9.17) is 0 Å². The standard InChI is InChI=1S/C19H11F3N2OS2/c20-19(21,22)13-6-4-11(5-7-13)12-8-14(10-23-9-12)26-15-2-1-3-16-17(15)24-18(25)27-16/h1-10H,(H,24,25). The lowest BCUT2D eigenvalue weighted by molar-refractivity contribution is -0.137. The number of rotatable bonds is 3. The van der Waals surface area contributed by atoms with E-state index in [1.807, 2.05) is 24.3 Å². The molecule has 0 aliphatic heterocycles. The topological polar surface area (TPSA) is 45.8 Å². The maximum atomic E-state index is 12.7. The Labute approximate surface area is 159 Å². The highest BCUT2D eigenvalue weighted by atomic mass is 32.2. The van der Waals surface area contributed by atoms with Crippen molar-refractivity contribution >= 4 is 33.3 Å². The number of pyridine rings is 1. The zero-order valence-corrected chi connectivity index (χ0v) is 15.2. The van der Waals surface area contributed by atoms with Crippen LogP contribution in [0.2, 0.25) is 0 Å². The Morgan fingerprint density at radius 3 is 2.52 bits per heavy atom. The van der Waals surface area contributed by atoms with E-state index in [-0.39, 0.29) is 4.87 Å². The first-order valence-corrected chi connectivity index (χ1v) is 9.46. The number of thiazole rings is 1. The van der Waals surface area contributed by atoms with E-state index in [1.165, 1.54) is 23.9 Å². The summed E-state index contributed by atoms with van der Waals surface area (Å²) in [5.74, 6) is 0. The number of para-hydroxylation sites is 1. The number of nitrogens with one attached hydrogen (secondary N) is 1. The fourth-order valence-corrected chi connectivity index (χ4v) is 4.43. The third-order valence-electron chi connectivity index (χ3n) is 3.90. The third kappa shape index (κ3) is 3.77. The molecule has 0 amide bonds. The van der Waals surface area contributed by atoms with Crippen molar-refractivity contribution in [3.63, 3.8) is 0 Å². The number of halogens is 3. The lowest BCUT2D eigenvalue weighted by Crippen LogP contribution is -2.03. The van der Waals surface area contributed by atoms with Gasteiger partial charge in [0.2, 0.25) is 0 Å². The van der Waals surface area contributed by atoms with Crippen molar-refractivity contribution < 1.29 is 13.2 Å². The number of H-pyrrole nitrogens is 1. The molecule has 4 aromatic rings. The van der Waals surface area contributed by atoms with Gasteiger partial charge in [0.05, 0.1) is 15.8 Å². The summed E-state index contributed by atoms with van der Waals surface area (Å²) in [7, 11) is 0. The quantitative estimate of drug-likeness (QED) is 0.468. The number of alkyl halides is 3. The fourth-order valence-electron chi connectivity index (χ4n) is 2.64. The van der Waals surface area contributed by atoms with Gasteiger partial charge in [-0.15, -0.1) is 0 Å². The van der Waals surface area contributed by atoms with Gasteiger partial charge >= 0.3 is 11.0 Å². The minimum absolute atomic E-state index is 0.116. The molecule has 0 saturated heterocycles. The Morgan fingerprint density at radius 1 is 1.00 bits per heavy atom. The van der Waals surface area contributed by atoms with Crippen molar-refractivity contribution in [3.8, 4) is 11.1 Å². The van der Waals surface area contributed by atoms with Crippen LogP contribution < -0.4 is 4.87 Å². The first-order valence-electron chi connectivity index (χ1n) is 7.82. The minimum Gasteiger partial charge on any atom is -0.311 e. The van der Waals surface area contributed by atoms with Gasteiger partial charge < -0.3 is 4.98 Å². The zero-order valence-electron chi connectivity index (χ0n) is 13.6. The molecule has 2 aromatic heterocycles. The molecule has 0 bridgehead atoms. The molecule has 0 radical (unpaired) electrons. The van der Waals surface area contributed by atoms with Gasteiger partial charge in [-0.2, -0.15) is 13.2 Å². The molecule has 0 atom stereocenters. The number of hydrogen-bond acceptors (Lipinski definition) is 4. The van der Waals surface area contributed by atoms with Crippen molar-refractivity contribution in [3.05, 3.63) is 76.2 Å². The van der Waals surface area contributed by atoms with E-state index >= 15 is 0 Å². The second kappa shape index (κ2) is 6.86. The summed E-state index contributed by atoms with van der Waals surface area (Å²) < 4.78 is 39.0. The van der Waals surface area contributed by atoms with Crippen LogP contribution in [-0.4, -0.2) is 9.97 Å². The van der Waals surface area contributed by atoms with E-state index in [0.717, 1.165) is 49.0 Å².